The Balaban J connectivity index is 3.35. The fourth-order valence-electron chi connectivity index (χ4n) is 0.396. The number of aromatic nitrogens is 1. The molecule has 0 spiro atoms. The van der Waals surface area contributed by atoms with Gasteiger partial charge >= 0.3 is 4.87 Å². The summed E-state index contributed by atoms with van der Waals surface area (Å²) in [6, 6.07) is 0. The molecule has 1 rings (SSSR count). The van der Waals surface area contributed by atoms with Crippen LogP contribution in [0.15, 0.2) is 9.00 Å². The summed E-state index contributed by atoms with van der Waals surface area (Å²) in [5.41, 5.74) is 0.850. The lowest BCUT2D eigenvalue weighted by Gasteiger charge is -1.77. The standard InChI is InChI=1S/C4H5NOS2/c1-2-3(7)8-4(6)5-2/h7H,1H3,(H,5,6). The van der Waals surface area contributed by atoms with E-state index in [0.29, 0.717) is 0 Å². The molecular formula is C4H5NOS2. The molecule has 0 bridgehead atoms. The van der Waals surface area contributed by atoms with Crippen LogP contribution in [0.2, 0.25) is 0 Å². The van der Waals surface area contributed by atoms with E-state index in [1.165, 1.54) is 0 Å². The Morgan fingerprint density at radius 3 is 2.50 bits per heavy atom. The molecule has 1 aromatic rings. The van der Waals surface area contributed by atoms with E-state index in [1.54, 1.807) is 0 Å². The van der Waals surface area contributed by atoms with E-state index in [-0.39, 0.29) is 4.87 Å². The first-order chi connectivity index (χ1) is 3.70. The average molecular weight is 147 g/mol. The number of aromatic amines is 1. The first kappa shape index (κ1) is 5.91. The number of hydrogen-bond acceptors (Lipinski definition) is 3. The van der Waals surface area contributed by atoms with Crippen LogP contribution in [0, 0.1) is 6.92 Å². The molecule has 4 heteroatoms. The van der Waals surface area contributed by atoms with Crippen molar-refractivity contribution >= 4 is 24.0 Å². The van der Waals surface area contributed by atoms with E-state index in [4.69, 9.17) is 0 Å². The van der Waals surface area contributed by atoms with Crippen molar-refractivity contribution in [1.82, 2.24) is 4.98 Å². The highest BCUT2D eigenvalue weighted by Gasteiger charge is 1.94. The molecule has 0 fully saturated rings. The zero-order chi connectivity index (χ0) is 6.15. The van der Waals surface area contributed by atoms with Crippen molar-refractivity contribution in [2.45, 2.75) is 11.1 Å². The molecular weight excluding hydrogens is 142 g/mol. The maximum absolute atomic E-state index is 10.4. The monoisotopic (exact) mass is 147 g/mol. The molecule has 1 N–H and O–H groups in total. The Kier molecular flexibility index (Phi) is 1.44. The molecule has 0 saturated heterocycles. The van der Waals surface area contributed by atoms with Crippen LogP contribution in [0.3, 0.4) is 0 Å². The van der Waals surface area contributed by atoms with Gasteiger partial charge in [-0.15, -0.1) is 12.6 Å². The van der Waals surface area contributed by atoms with Crippen molar-refractivity contribution < 1.29 is 0 Å². The van der Waals surface area contributed by atoms with Gasteiger partial charge in [0.15, 0.2) is 0 Å². The van der Waals surface area contributed by atoms with Gasteiger partial charge in [-0.2, -0.15) is 0 Å². The number of aryl methyl sites for hydroxylation is 1. The largest absolute Gasteiger partial charge is 0.316 e. The van der Waals surface area contributed by atoms with E-state index in [2.05, 4.69) is 17.6 Å². The number of thiol groups is 1. The summed E-state index contributed by atoms with van der Waals surface area (Å²) in [5, 5.41) is 0. The Labute approximate surface area is 56.0 Å². The van der Waals surface area contributed by atoms with Gasteiger partial charge in [-0.25, -0.2) is 0 Å². The van der Waals surface area contributed by atoms with E-state index >= 15 is 0 Å². The molecule has 0 aliphatic heterocycles. The van der Waals surface area contributed by atoms with E-state index in [9.17, 15) is 4.79 Å². The molecule has 44 valence electrons. The zero-order valence-electron chi connectivity index (χ0n) is 4.26. The van der Waals surface area contributed by atoms with E-state index in [0.717, 1.165) is 21.2 Å². The highest BCUT2D eigenvalue weighted by molar-refractivity contribution is 7.82. The van der Waals surface area contributed by atoms with Gasteiger partial charge in [-0.1, -0.05) is 11.3 Å². The highest BCUT2D eigenvalue weighted by Crippen LogP contribution is 2.11. The Morgan fingerprint density at radius 2 is 2.38 bits per heavy atom. The fourth-order valence-corrected chi connectivity index (χ4v) is 1.28. The van der Waals surface area contributed by atoms with Crippen molar-refractivity contribution in [2.75, 3.05) is 0 Å². The number of nitrogens with one attached hydrogen (secondary N) is 1. The van der Waals surface area contributed by atoms with Crippen LogP contribution in [0.4, 0.5) is 0 Å². The molecule has 0 saturated carbocycles. The second-order valence-electron chi connectivity index (χ2n) is 1.44. The Bertz CT molecular complexity index is 214. The molecule has 0 atom stereocenters. The molecule has 0 amide bonds. The fraction of sp³-hybridized carbons (Fsp3) is 0.250. The SMILES string of the molecule is Cc1[nH]c(=O)sc1S. The van der Waals surface area contributed by atoms with Crippen LogP contribution in [0.5, 0.6) is 0 Å². The van der Waals surface area contributed by atoms with Crippen LogP contribution in [-0.4, -0.2) is 4.98 Å². The zero-order valence-corrected chi connectivity index (χ0v) is 5.97. The van der Waals surface area contributed by atoms with Crippen molar-refractivity contribution in [2.24, 2.45) is 0 Å². The Hall–Kier alpha value is -0.220. The minimum atomic E-state index is -0.0347. The van der Waals surface area contributed by atoms with Gasteiger partial charge in [0.25, 0.3) is 0 Å². The lowest BCUT2D eigenvalue weighted by atomic mass is 10.6. The predicted octanol–water partition coefficient (Wildman–Crippen LogP) is 1.03. The van der Waals surface area contributed by atoms with Crippen LogP contribution in [-0.2, 0) is 0 Å². The van der Waals surface area contributed by atoms with Crippen LogP contribution < -0.4 is 4.87 Å². The molecule has 0 aliphatic rings. The predicted molar refractivity (Wildman–Crippen MR) is 36.9 cm³/mol. The summed E-state index contributed by atoms with van der Waals surface area (Å²) in [5.74, 6) is 0. The molecule has 0 unspecified atom stereocenters. The molecule has 0 radical (unpaired) electrons. The highest BCUT2D eigenvalue weighted by atomic mass is 32.2. The maximum Gasteiger partial charge on any atom is 0.305 e. The summed E-state index contributed by atoms with van der Waals surface area (Å²) >= 11 is 5.13. The smallest absolute Gasteiger partial charge is 0.305 e. The minimum Gasteiger partial charge on any atom is -0.316 e. The average Bonchev–Trinajstić information content (AvgIpc) is 1.85. The van der Waals surface area contributed by atoms with Gasteiger partial charge < -0.3 is 4.98 Å². The first-order valence-electron chi connectivity index (χ1n) is 2.09. The van der Waals surface area contributed by atoms with Crippen LogP contribution in [0.1, 0.15) is 5.69 Å². The quantitative estimate of drug-likeness (QED) is 0.528. The third kappa shape index (κ3) is 0.952. The second kappa shape index (κ2) is 1.95. The third-order valence-electron chi connectivity index (χ3n) is 0.800. The van der Waals surface area contributed by atoms with Gasteiger partial charge in [0.05, 0.1) is 4.21 Å². The van der Waals surface area contributed by atoms with Gasteiger partial charge in [-0.3, -0.25) is 4.79 Å². The van der Waals surface area contributed by atoms with Gasteiger partial charge in [0.2, 0.25) is 0 Å². The third-order valence-corrected chi connectivity index (χ3v) is 2.20. The van der Waals surface area contributed by atoms with E-state index < -0.39 is 0 Å². The molecule has 1 aromatic heterocycles. The van der Waals surface area contributed by atoms with Crippen LogP contribution in [0.25, 0.3) is 0 Å². The number of rotatable bonds is 0. The van der Waals surface area contributed by atoms with Crippen molar-refractivity contribution in [3.8, 4) is 0 Å². The van der Waals surface area contributed by atoms with Crippen molar-refractivity contribution in [1.29, 1.82) is 0 Å². The van der Waals surface area contributed by atoms with Gasteiger partial charge in [0, 0.05) is 5.69 Å². The summed E-state index contributed by atoms with van der Waals surface area (Å²) in [6.07, 6.45) is 0. The molecule has 0 aliphatic carbocycles. The summed E-state index contributed by atoms with van der Waals surface area (Å²) in [6.45, 7) is 1.82. The van der Waals surface area contributed by atoms with Crippen molar-refractivity contribution in [3.05, 3.63) is 15.4 Å². The second-order valence-corrected chi connectivity index (χ2v) is 3.18. The first-order valence-corrected chi connectivity index (χ1v) is 3.35. The molecule has 1 heterocycles. The van der Waals surface area contributed by atoms with Gasteiger partial charge in [0.1, 0.15) is 0 Å². The Morgan fingerprint density at radius 1 is 1.75 bits per heavy atom. The minimum absolute atomic E-state index is 0.0347. The number of thiazole rings is 1. The summed E-state index contributed by atoms with van der Waals surface area (Å²) in [7, 11) is 0. The summed E-state index contributed by atoms with van der Waals surface area (Å²) in [4.78, 5) is 13.0. The van der Waals surface area contributed by atoms with Crippen LogP contribution >= 0.6 is 24.0 Å². The maximum atomic E-state index is 10.4. The van der Waals surface area contributed by atoms with E-state index in [1.807, 2.05) is 6.92 Å². The van der Waals surface area contributed by atoms with Crippen molar-refractivity contribution in [3.63, 3.8) is 0 Å². The lowest BCUT2D eigenvalue weighted by Crippen LogP contribution is -1.90. The molecule has 8 heavy (non-hydrogen) atoms. The number of hydrogen-bond donors (Lipinski definition) is 2. The van der Waals surface area contributed by atoms with Gasteiger partial charge in [-0.05, 0) is 6.92 Å². The lowest BCUT2D eigenvalue weighted by molar-refractivity contribution is 1.18. The topological polar surface area (TPSA) is 32.9 Å². The normalized spacial score (nSPS) is 9.75. The number of H-pyrrole nitrogens is 1. The molecule has 0 aromatic carbocycles. The summed E-state index contributed by atoms with van der Waals surface area (Å²) < 4.78 is 0.773. The molecule has 2 nitrogen and oxygen atoms in total.